The highest BCUT2D eigenvalue weighted by Crippen LogP contribution is 2.22. The molecule has 4 nitrogen and oxygen atoms in total. The first-order chi connectivity index (χ1) is 10.7. The van der Waals surface area contributed by atoms with Crippen LogP contribution < -0.4 is 10.2 Å². The van der Waals surface area contributed by atoms with Crippen LogP contribution in [0.3, 0.4) is 0 Å². The van der Waals surface area contributed by atoms with E-state index in [2.05, 4.69) is 17.5 Å². The number of hydrogen-bond acceptors (Lipinski definition) is 3. The van der Waals surface area contributed by atoms with Crippen LogP contribution in [0.25, 0.3) is 0 Å². The molecular weight excluding hydrogens is 300 g/mol. The molecule has 1 amide bonds. The Morgan fingerprint density at radius 3 is 2.73 bits per heavy atom. The zero-order valence-electron chi connectivity index (χ0n) is 13.4. The number of nitrogens with zero attached hydrogens (tertiary/aromatic N) is 1. The van der Waals surface area contributed by atoms with Crippen molar-refractivity contribution in [2.24, 2.45) is 5.10 Å². The Balaban J connectivity index is 2.31. The van der Waals surface area contributed by atoms with Crippen LogP contribution in [0.15, 0.2) is 23.3 Å². The maximum absolute atomic E-state index is 12.0. The standard InChI is InChI=1S/C17H25ClN2O2/c1-3-4-5-6-7-8-9-12-19-20-17(21)15-13-14(18)10-11-16(15)22-2/h10-13H,3-9H2,1-2H3,(H,20,21)/b19-12-. The largest absolute Gasteiger partial charge is 0.496 e. The van der Waals surface area contributed by atoms with Crippen molar-refractivity contribution in [3.8, 4) is 5.75 Å². The summed E-state index contributed by atoms with van der Waals surface area (Å²) in [5, 5.41) is 4.45. The van der Waals surface area contributed by atoms with Gasteiger partial charge in [-0.05, 0) is 31.0 Å². The highest BCUT2D eigenvalue weighted by atomic mass is 35.5. The predicted molar refractivity (Wildman–Crippen MR) is 92.0 cm³/mol. The third-order valence-electron chi connectivity index (χ3n) is 3.35. The van der Waals surface area contributed by atoms with Crippen molar-refractivity contribution in [2.75, 3.05) is 7.11 Å². The summed E-state index contributed by atoms with van der Waals surface area (Å²) in [6.07, 6.45) is 10.1. The van der Waals surface area contributed by atoms with Crippen LogP contribution in [0.4, 0.5) is 0 Å². The molecule has 0 unspecified atom stereocenters. The van der Waals surface area contributed by atoms with Gasteiger partial charge in [-0.2, -0.15) is 5.10 Å². The van der Waals surface area contributed by atoms with Crippen LogP contribution in [-0.4, -0.2) is 19.2 Å². The molecule has 0 spiro atoms. The Bertz CT molecular complexity index is 490. The van der Waals surface area contributed by atoms with Gasteiger partial charge in [-0.3, -0.25) is 4.79 Å². The molecule has 0 bridgehead atoms. The zero-order chi connectivity index (χ0) is 16.2. The fraction of sp³-hybridized carbons (Fsp3) is 0.529. The predicted octanol–water partition coefficient (Wildman–Crippen LogP) is 4.81. The molecule has 0 aliphatic rings. The van der Waals surface area contributed by atoms with Gasteiger partial charge < -0.3 is 4.74 Å². The molecule has 1 aromatic rings. The number of halogens is 1. The van der Waals surface area contributed by atoms with Crippen LogP contribution in [0, 0.1) is 0 Å². The quantitative estimate of drug-likeness (QED) is 0.381. The van der Waals surface area contributed by atoms with Crippen LogP contribution in [0.1, 0.15) is 62.2 Å². The number of methoxy groups -OCH3 is 1. The summed E-state index contributed by atoms with van der Waals surface area (Å²) in [5.41, 5.74) is 2.89. The minimum Gasteiger partial charge on any atom is -0.496 e. The van der Waals surface area contributed by atoms with Gasteiger partial charge in [-0.15, -0.1) is 0 Å². The maximum atomic E-state index is 12.0. The number of hydrogen-bond donors (Lipinski definition) is 1. The molecule has 5 heteroatoms. The number of hydrazone groups is 1. The molecule has 0 saturated carbocycles. The second kappa shape index (κ2) is 11.1. The Morgan fingerprint density at radius 2 is 2.00 bits per heavy atom. The fourth-order valence-electron chi connectivity index (χ4n) is 2.10. The number of rotatable bonds is 10. The van der Waals surface area contributed by atoms with Crippen molar-refractivity contribution in [1.29, 1.82) is 0 Å². The zero-order valence-corrected chi connectivity index (χ0v) is 14.2. The summed E-state index contributed by atoms with van der Waals surface area (Å²) in [6.45, 7) is 2.21. The van der Waals surface area contributed by atoms with E-state index in [9.17, 15) is 4.79 Å². The lowest BCUT2D eigenvalue weighted by molar-refractivity contribution is 0.0952. The minimum atomic E-state index is -0.321. The van der Waals surface area contributed by atoms with Crippen LogP contribution in [0.5, 0.6) is 5.75 Å². The highest BCUT2D eigenvalue weighted by Gasteiger charge is 2.11. The van der Waals surface area contributed by atoms with Crippen LogP contribution >= 0.6 is 11.6 Å². The van der Waals surface area contributed by atoms with Gasteiger partial charge in [0.15, 0.2) is 0 Å². The third-order valence-corrected chi connectivity index (χ3v) is 3.59. The number of nitrogens with one attached hydrogen (secondary N) is 1. The van der Waals surface area contributed by atoms with Gasteiger partial charge in [-0.25, -0.2) is 5.43 Å². The molecule has 0 saturated heterocycles. The van der Waals surface area contributed by atoms with Crippen LogP contribution in [0.2, 0.25) is 5.02 Å². The molecule has 1 aromatic carbocycles. The molecule has 0 radical (unpaired) electrons. The van der Waals surface area contributed by atoms with E-state index < -0.39 is 0 Å². The van der Waals surface area contributed by atoms with E-state index in [0.717, 1.165) is 12.8 Å². The van der Waals surface area contributed by atoms with E-state index in [1.54, 1.807) is 24.4 Å². The average molecular weight is 325 g/mol. The van der Waals surface area contributed by atoms with Gasteiger partial charge in [0.25, 0.3) is 5.91 Å². The summed E-state index contributed by atoms with van der Waals surface area (Å²) in [6, 6.07) is 4.91. The summed E-state index contributed by atoms with van der Waals surface area (Å²) in [4.78, 5) is 12.0. The van der Waals surface area contributed by atoms with E-state index in [1.165, 1.54) is 39.2 Å². The van der Waals surface area contributed by atoms with Crippen molar-refractivity contribution in [3.05, 3.63) is 28.8 Å². The molecule has 0 heterocycles. The van der Waals surface area contributed by atoms with E-state index in [0.29, 0.717) is 16.3 Å². The molecule has 22 heavy (non-hydrogen) atoms. The van der Waals surface area contributed by atoms with Gasteiger partial charge in [-0.1, -0.05) is 50.6 Å². The van der Waals surface area contributed by atoms with Gasteiger partial charge >= 0.3 is 0 Å². The maximum Gasteiger partial charge on any atom is 0.275 e. The van der Waals surface area contributed by atoms with Crippen molar-refractivity contribution in [1.82, 2.24) is 5.43 Å². The van der Waals surface area contributed by atoms with E-state index in [-0.39, 0.29) is 5.91 Å². The number of benzene rings is 1. The number of carbonyl (C=O) groups excluding carboxylic acids is 1. The first kappa shape index (κ1) is 18.5. The van der Waals surface area contributed by atoms with Crippen molar-refractivity contribution < 1.29 is 9.53 Å². The molecule has 1 N–H and O–H groups in total. The lowest BCUT2D eigenvalue weighted by Gasteiger charge is -2.07. The monoisotopic (exact) mass is 324 g/mol. The average Bonchev–Trinajstić information content (AvgIpc) is 2.53. The van der Waals surface area contributed by atoms with Gasteiger partial charge in [0, 0.05) is 11.2 Å². The molecule has 0 aromatic heterocycles. The van der Waals surface area contributed by atoms with E-state index >= 15 is 0 Å². The number of unbranched alkanes of at least 4 members (excludes halogenated alkanes) is 6. The number of ether oxygens (including phenoxy) is 1. The Morgan fingerprint density at radius 1 is 1.27 bits per heavy atom. The SMILES string of the molecule is CCCCCCCC/C=N\NC(=O)c1cc(Cl)ccc1OC. The van der Waals surface area contributed by atoms with E-state index in [4.69, 9.17) is 16.3 Å². The highest BCUT2D eigenvalue weighted by molar-refractivity contribution is 6.31. The summed E-state index contributed by atoms with van der Waals surface area (Å²) < 4.78 is 5.14. The number of amides is 1. The van der Waals surface area contributed by atoms with Crippen molar-refractivity contribution in [2.45, 2.75) is 51.9 Å². The van der Waals surface area contributed by atoms with Crippen molar-refractivity contribution >= 4 is 23.7 Å². The van der Waals surface area contributed by atoms with Gasteiger partial charge in [0.1, 0.15) is 5.75 Å². The third kappa shape index (κ3) is 6.94. The smallest absolute Gasteiger partial charge is 0.275 e. The molecule has 1 rings (SSSR count). The Labute approximate surface area is 137 Å². The van der Waals surface area contributed by atoms with Gasteiger partial charge in [0.05, 0.1) is 12.7 Å². The summed E-state index contributed by atoms with van der Waals surface area (Å²) in [7, 11) is 1.52. The number of carbonyl (C=O) groups is 1. The Hall–Kier alpha value is -1.55. The first-order valence-corrected chi connectivity index (χ1v) is 8.22. The van der Waals surface area contributed by atoms with Crippen LogP contribution in [-0.2, 0) is 0 Å². The summed E-state index contributed by atoms with van der Waals surface area (Å²) >= 11 is 5.90. The lowest BCUT2D eigenvalue weighted by Crippen LogP contribution is -2.18. The molecule has 0 atom stereocenters. The molecular formula is C17H25ClN2O2. The fourth-order valence-corrected chi connectivity index (χ4v) is 2.27. The molecule has 0 aliphatic heterocycles. The second-order valence-corrected chi connectivity index (χ2v) is 5.59. The summed E-state index contributed by atoms with van der Waals surface area (Å²) in [5.74, 6) is 0.159. The van der Waals surface area contributed by atoms with Gasteiger partial charge in [0.2, 0.25) is 0 Å². The van der Waals surface area contributed by atoms with Crippen molar-refractivity contribution in [3.63, 3.8) is 0 Å². The molecule has 0 fully saturated rings. The normalized spacial score (nSPS) is 10.9. The first-order valence-electron chi connectivity index (χ1n) is 7.84. The van der Waals surface area contributed by atoms with E-state index in [1.807, 2.05) is 0 Å². The molecule has 122 valence electrons. The second-order valence-electron chi connectivity index (χ2n) is 5.15. The molecule has 0 aliphatic carbocycles. The minimum absolute atomic E-state index is 0.321. The lowest BCUT2D eigenvalue weighted by atomic mass is 10.1. The Kier molecular flexibility index (Phi) is 9.31. The topological polar surface area (TPSA) is 50.7 Å².